The summed E-state index contributed by atoms with van der Waals surface area (Å²) in [6.07, 6.45) is 3.74. The van der Waals surface area contributed by atoms with Gasteiger partial charge in [0.25, 0.3) is 5.91 Å². The number of unbranched alkanes of at least 4 members (excludes halogenated alkanes) is 1. The number of rotatable bonds is 10. The first-order valence-electron chi connectivity index (χ1n) is 11.7. The van der Waals surface area contributed by atoms with Gasteiger partial charge in [-0.05, 0) is 37.1 Å². The highest BCUT2D eigenvalue weighted by molar-refractivity contribution is 5.94. The van der Waals surface area contributed by atoms with Crippen molar-refractivity contribution in [2.75, 3.05) is 46.4 Å². The van der Waals surface area contributed by atoms with Crippen molar-refractivity contribution in [2.45, 2.75) is 19.4 Å². The van der Waals surface area contributed by atoms with E-state index in [1.54, 1.807) is 18.0 Å². The van der Waals surface area contributed by atoms with Gasteiger partial charge in [0.15, 0.2) is 11.4 Å². The lowest BCUT2D eigenvalue weighted by atomic mass is 10.2. The van der Waals surface area contributed by atoms with E-state index < -0.39 is 0 Å². The molecule has 33 heavy (non-hydrogen) atoms. The molecule has 2 heterocycles. The van der Waals surface area contributed by atoms with Gasteiger partial charge < -0.3 is 15.0 Å². The molecule has 0 spiro atoms. The second kappa shape index (κ2) is 11.6. The Kier molecular flexibility index (Phi) is 8.11. The molecule has 2 aromatic carbocycles. The first-order chi connectivity index (χ1) is 16.2. The second-order valence-electron chi connectivity index (χ2n) is 8.39. The van der Waals surface area contributed by atoms with E-state index in [0.717, 1.165) is 57.8 Å². The van der Waals surface area contributed by atoms with Crippen molar-refractivity contribution in [3.63, 3.8) is 0 Å². The van der Waals surface area contributed by atoms with E-state index in [1.165, 1.54) is 5.56 Å². The molecule has 1 aliphatic heterocycles. The number of piperazine rings is 1. The number of nitrogens with one attached hydrogen (secondary N) is 1. The number of carbonyl (C=O) groups is 1. The maximum atomic E-state index is 12.6. The highest BCUT2D eigenvalue weighted by Crippen LogP contribution is 2.19. The number of carbonyl (C=O) groups excluding carboxylic acids is 1. The molecule has 1 aromatic heterocycles. The zero-order valence-corrected chi connectivity index (χ0v) is 19.3. The quantitative estimate of drug-likeness (QED) is 0.484. The van der Waals surface area contributed by atoms with Crippen LogP contribution in [0.5, 0.6) is 5.75 Å². The van der Waals surface area contributed by atoms with E-state index in [4.69, 9.17) is 4.74 Å². The van der Waals surface area contributed by atoms with Gasteiger partial charge in [0.2, 0.25) is 0 Å². The number of aromatic nitrogens is 2. The summed E-state index contributed by atoms with van der Waals surface area (Å²) in [7, 11) is 1.56. The number of hydrogen-bond donors (Lipinski definition) is 1. The van der Waals surface area contributed by atoms with Gasteiger partial charge in [0.1, 0.15) is 0 Å². The van der Waals surface area contributed by atoms with E-state index in [1.807, 2.05) is 30.3 Å². The van der Waals surface area contributed by atoms with Crippen molar-refractivity contribution in [3.05, 3.63) is 78.1 Å². The average Bonchev–Trinajstić information content (AvgIpc) is 3.31. The number of benzene rings is 2. The largest absolute Gasteiger partial charge is 0.493 e. The highest BCUT2D eigenvalue weighted by Gasteiger charge is 2.19. The molecule has 7 nitrogen and oxygen atoms in total. The lowest BCUT2D eigenvalue weighted by Gasteiger charge is -2.34. The Morgan fingerprint density at radius 2 is 1.61 bits per heavy atom. The molecule has 0 bridgehead atoms. The minimum Gasteiger partial charge on any atom is -0.493 e. The third-order valence-electron chi connectivity index (χ3n) is 6.04. The molecule has 0 atom stereocenters. The van der Waals surface area contributed by atoms with Gasteiger partial charge in [-0.1, -0.05) is 48.5 Å². The Bertz CT molecular complexity index is 998. The number of ether oxygens (including phenoxy) is 1. The van der Waals surface area contributed by atoms with Gasteiger partial charge in [-0.15, -0.1) is 0 Å². The van der Waals surface area contributed by atoms with Crippen LogP contribution in [0.15, 0.2) is 66.9 Å². The standard InChI is InChI=1S/C26H33N5O2/c1-33-24-21-31(23-12-6-3-7-13-23)28-25(24)26(32)27-14-8-9-15-29-16-18-30(19-17-29)20-22-10-4-2-5-11-22/h2-7,10-13,21H,8-9,14-20H2,1H3,(H,27,32). The molecule has 0 radical (unpaired) electrons. The summed E-state index contributed by atoms with van der Waals surface area (Å²) in [5.74, 6) is 0.279. The summed E-state index contributed by atoms with van der Waals surface area (Å²) >= 11 is 0. The summed E-state index contributed by atoms with van der Waals surface area (Å²) < 4.78 is 7.04. The maximum Gasteiger partial charge on any atom is 0.275 e. The molecule has 0 saturated carbocycles. The van der Waals surface area contributed by atoms with Crippen molar-refractivity contribution in [1.29, 1.82) is 0 Å². The zero-order chi connectivity index (χ0) is 22.9. The summed E-state index contributed by atoms with van der Waals surface area (Å²) in [6, 6.07) is 20.4. The van der Waals surface area contributed by atoms with Crippen LogP contribution in [-0.4, -0.2) is 71.9 Å². The topological polar surface area (TPSA) is 62.6 Å². The molecule has 3 aromatic rings. The van der Waals surface area contributed by atoms with Crippen molar-refractivity contribution in [3.8, 4) is 11.4 Å². The van der Waals surface area contributed by atoms with Crippen molar-refractivity contribution >= 4 is 5.91 Å². The van der Waals surface area contributed by atoms with Crippen molar-refractivity contribution in [2.24, 2.45) is 0 Å². The molecule has 1 aliphatic rings. The Labute approximate surface area is 196 Å². The van der Waals surface area contributed by atoms with E-state index in [9.17, 15) is 4.79 Å². The lowest BCUT2D eigenvalue weighted by Crippen LogP contribution is -2.46. The molecule has 7 heteroatoms. The predicted octanol–water partition coefficient (Wildman–Crippen LogP) is 3.21. The molecule has 1 fully saturated rings. The van der Waals surface area contributed by atoms with Crippen LogP contribution in [0.2, 0.25) is 0 Å². The smallest absolute Gasteiger partial charge is 0.275 e. The molecule has 1 saturated heterocycles. The number of methoxy groups -OCH3 is 1. The van der Waals surface area contributed by atoms with Gasteiger partial charge in [0.05, 0.1) is 19.0 Å². The molecule has 1 N–H and O–H groups in total. The number of amides is 1. The monoisotopic (exact) mass is 447 g/mol. The number of hydrogen-bond acceptors (Lipinski definition) is 5. The Balaban J connectivity index is 1.15. The third kappa shape index (κ3) is 6.43. The normalized spacial score (nSPS) is 14.8. The number of para-hydroxylation sites is 1. The molecule has 1 amide bonds. The summed E-state index contributed by atoms with van der Waals surface area (Å²) in [4.78, 5) is 17.7. The Hall–Kier alpha value is -3.16. The Morgan fingerprint density at radius 3 is 2.30 bits per heavy atom. The fourth-order valence-electron chi connectivity index (χ4n) is 4.14. The van der Waals surface area contributed by atoms with Crippen LogP contribution in [-0.2, 0) is 6.54 Å². The van der Waals surface area contributed by atoms with Crippen LogP contribution in [0.25, 0.3) is 5.69 Å². The van der Waals surface area contributed by atoms with E-state index in [2.05, 4.69) is 50.5 Å². The predicted molar refractivity (Wildman–Crippen MR) is 130 cm³/mol. The molecule has 0 aliphatic carbocycles. The van der Waals surface area contributed by atoms with Gasteiger partial charge in [0, 0.05) is 39.3 Å². The Morgan fingerprint density at radius 1 is 0.939 bits per heavy atom. The second-order valence-corrected chi connectivity index (χ2v) is 8.39. The van der Waals surface area contributed by atoms with Crippen molar-refractivity contribution < 1.29 is 9.53 Å². The summed E-state index contributed by atoms with van der Waals surface area (Å²) in [5, 5.41) is 7.42. The minimum atomic E-state index is -0.198. The fraction of sp³-hybridized carbons (Fsp3) is 0.385. The van der Waals surface area contributed by atoms with Crippen LogP contribution in [0, 0.1) is 0 Å². The summed E-state index contributed by atoms with van der Waals surface area (Å²) in [6.45, 7) is 7.16. The van der Waals surface area contributed by atoms with Crippen LogP contribution >= 0.6 is 0 Å². The zero-order valence-electron chi connectivity index (χ0n) is 19.3. The summed E-state index contributed by atoms with van der Waals surface area (Å²) in [5.41, 5.74) is 2.58. The van der Waals surface area contributed by atoms with Gasteiger partial charge >= 0.3 is 0 Å². The van der Waals surface area contributed by atoms with Crippen LogP contribution in [0.4, 0.5) is 0 Å². The molecule has 4 rings (SSSR count). The third-order valence-corrected chi connectivity index (χ3v) is 6.04. The van der Waals surface area contributed by atoms with Crippen LogP contribution in [0.1, 0.15) is 28.9 Å². The molecular formula is C26H33N5O2. The SMILES string of the molecule is COc1cn(-c2ccccc2)nc1C(=O)NCCCCN1CCN(Cc2ccccc2)CC1. The lowest BCUT2D eigenvalue weighted by molar-refractivity contribution is 0.0943. The fourth-order valence-corrected chi connectivity index (χ4v) is 4.14. The van der Waals surface area contributed by atoms with Crippen LogP contribution < -0.4 is 10.1 Å². The molecular weight excluding hydrogens is 414 g/mol. The minimum absolute atomic E-state index is 0.198. The van der Waals surface area contributed by atoms with Crippen molar-refractivity contribution in [1.82, 2.24) is 24.9 Å². The number of nitrogens with zero attached hydrogens (tertiary/aromatic N) is 4. The highest BCUT2D eigenvalue weighted by atomic mass is 16.5. The van der Waals surface area contributed by atoms with Crippen LogP contribution in [0.3, 0.4) is 0 Å². The van der Waals surface area contributed by atoms with E-state index in [0.29, 0.717) is 18.0 Å². The molecule has 0 unspecified atom stereocenters. The first kappa shape index (κ1) is 23.0. The molecule has 174 valence electrons. The van der Waals surface area contributed by atoms with Gasteiger partial charge in [-0.25, -0.2) is 4.68 Å². The van der Waals surface area contributed by atoms with E-state index in [-0.39, 0.29) is 5.91 Å². The van der Waals surface area contributed by atoms with Gasteiger partial charge in [-0.2, -0.15) is 5.10 Å². The first-order valence-corrected chi connectivity index (χ1v) is 11.7. The average molecular weight is 448 g/mol. The van der Waals surface area contributed by atoms with Gasteiger partial charge in [-0.3, -0.25) is 9.69 Å². The maximum absolute atomic E-state index is 12.6. The van der Waals surface area contributed by atoms with E-state index >= 15 is 0 Å².